The maximum absolute atomic E-state index is 13.0. The number of rotatable bonds is 4. The number of carbonyl (C=O) groups excluding carboxylic acids is 1. The number of thiophene rings is 1. The molecule has 0 saturated carbocycles. The Hall–Kier alpha value is -1.75. The maximum atomic E-state index is 13.0. The number of carbonyl (C=O) groups is 1. The highest BCUT2D eigenvalue weighted by Gasteiger charge is 2.16. The molecule has 2 heterocycles. The van der Waals surface area contributed by atoms with Crippen molar-refractivity contribution in [2.45, 2.75) is 13.5 Å². The number of halogens is 1. The first kappa shape index (κ1) is 12.7. The number of amides is 1. The summed E-state index contributed by atoms with van der Waals surface area (Å²) < 4.78 is 13.0. The lowest BCUT2D eigenvalue weighted by Crippen LogP contribution is -2.30. The predicted octanol–water partition coefficient (Wildman–Crippen LogP) is 2.94. The Balaban J connectivity index is 2.15. The molecule has 0 radical (unpaired) electrons. The molecular formula is C13H13FN2OS. The molecule has 0 spiro atoms. The monoisotopic (exact) mass is 264 g/mol. The van der Waals surface area contributed by atoms with Gasteiger partial charge in [-0.1, -0.05) is 12.1 Å². The lowest BCUT2D eigenvalue weighted by molar-refractivity contribution is 0.0747. The van der Waals surface area contributed by atoms with Crippen LogP contribution in [0, 0.1) is 5.95 Å². The van der Waals surface area contributed by atoms with Crippen LogP contribution < -0.4 is 0 Å². The molecule has 0 fully saturated rings. The highest BCUT2D eigenvalue weighted by atomic mass is 32.1. The number of hydrogen-bond acceptors (Lipinski definition) is 3. The van der Waals surface area contributed by atoms with Gasteiger partial charge >= 0.3 is 0 Å². The number of nitrogens with zero attached hydrogens (tertiary/aromatic N) is 2. The van der Waals surface area contributed by atoms with Gasteiger partial charge in [-0.3, -0.25) is 4.79 Å². The summed E-state index contributed by atoms with van der Waals surface area (Å²) in [5.41, 5.74) is 0.147. The van der Waals surface area contributed by atoms with Gasteiger partial charge in [0.25, 0.3) is 5.91 Å². The Morgan fingerprint density at radius 2 is 2.22 bits per heavy atom. The molecule has 2 aromatic heterocycles. The van der Waals surface area contributed by atoms with Crippen molar-refractivity contribution >= 4 is 17.2 Å². The van der Waals surface area contributed by atoms with E-state index in [1.165, 1.54) is 18.2 Å². The fourth-order valence-corrected chi connectivity index (χ4v) is 2.33. The molecule has 94 valence electrons. The summed E-state index contributed by atoms with van der Waals surface area (Å²) >= 11 is 1.59. The molecule has 2 aromatic rings. The molecule has 0 bridgehead atoms. The molecule has 0 N–H and O–H groups in total. The van der Waals surface area contributed by atoms with Crippen molar-refractivity contribution in [3.8, 4) is 0 Å². The summed E-state index contributed by atoms with van der Waals surface area (Å²) in [5.74, 6) is -0.876. The van der Waals surface area contributed by atoms with Gasteiger partial charge in [-0.2, -0.15) is 4.39 Å². The van der Waals surface area contributed by atoms with Crippen LogP contribution in [0.4, 0.5) is 4.39 Å². The van der Waals surface area contributed by atoms with Crippen molar-refractivity contribution in [2.24, 2.45) is 0 Å². The number of aromatic nitrogens is 1. The first-order valence-electron chi connectivity index (χ1n) is 5.65. The second-order valence-corrected chi connectivity index (χ2v) is 4.78. The van der Waals surface area contributed by atoms with Crippen LogP contribution in [0.5, 0.6) is 0 Å². The van der Waals surface area contributed by atoms with Crippen LogP contribution in [0.25, 0.3) is 0 Å². The topological polar surface area (TPSA) is 33.2 Å². The minimum atomic E-state index is -0.631. The van der Waals surface area contributed by atoms with Crippen molar-refractivity contribution in [3.63, 3.8) is 0 Å². The molecule has 0 aliphatic heterocycles. The van der Waals surface area contributed by atoms with E-state index in [0.29, 0.717) is 13.1 Å². The van der Waals surface area contributed by atoms with Gasteiger partial charge in [0.05, 0.1) is 6.54 Å². The standard InChI is InChI=1S/C13H13FN2OS/c1-2-16(9-10-5-4-8-18-10)13(17)11-6-3-7-12(14)15-11/h3-8H,2,9H2,1H3. The first-order chi connectivity index (χ1) is 8.70. The Kier molecular flexibility index (Phi) is 4.04. The molecule has 2 rings (SSSR count). The Morgan fingerprint density at radius 3 is 2.83 bits per heavy atom. The Morgan fingerprint density at radius 1 is 1.39 bits per heavy atom. The van der Waals surface area contributed by atoms with Gasteiger partial charge in [0.2, 0.25) is 5.95 Å². The zero-order chi connectivity index (χ0) is 13.0. The van der Waals surface area contributed by atoms with Crippen LogP contribution in [-0.4, -0.2) is 22.3 Å². The molecule has 0 saturated heterocycles. The van der Waals surface area contributed by atoms with Crippen molar-refractivity contribution < 1.29 is 9.18 Å². The second-order valence-electron chi connectivity index (χ2n) is 3.74. The van der Waals surface area contributed by atoms with E-state index in [1.807, 2.05) is 24.4 Å². The van der Waals surface area contributed by atoms with Gasteiger partial charge in [0.15, 0.2) is 0 Å². The highest BCUT2D eigenvalue weighted by molar-refractivity contribution is 7.09. The lowest BCUT2D eigenvalue weighted by atomic mass is 10.3. The van der Waals surface area contributed by atoms with Crippen LogP contribution in [0.3, 0.4) is 0 Å². The zero-order valence-corrected chi connectivity index (χ0v) is 10.8. The molecule has 0 aliphatic carbocycles. The molecule has 18 heavy (non-hydrogen) atoms. The van der Waals surface area contributed by atoms with E-state index in [1.54, 1.807) is 16.2 Å². The number of hydrogen-bond donors (Lipinski definition) is 0. The van der Waals surface area contributed by atoms with E-state index in [-0.39, 0.29) is 11.6 Å². The molecule has 0 aromatic carbocycles. The second kappa shape index (κ2) is 5.73. The largest absolute Gasteiger partial charge is 0.332 e. The third-order valence-electron chi connectivity index (χ3n) is 2.53. The molecular weight excluding hydrogens is 251 g/mol. The SMILES string of the molecule is CCN(Cc1cccs1)C(=O)c1cccc(F)n1. The Bertz CT molecular complexity index is 528. The van der Waals surface area contributed by atoms with E-state index in [2.05, 4.69) is 4.98 Å². The van der Waals surface area contributed by atoms with Crippen LogP contribution in [-0.2, 0) is 6.54 Å². The smallest absolute Gasteiger partial charge is 0.272 e. The van der Waals surface area contributed by atoms with Crippen molar-refractivity contribution in [2.75, 3.05) is 6.54 Å². The van der Waals surface area contributed by atoms with Crippen LogP contribution in [0.15, 0.2) is 35.7 Å². The van der Waals surface area contributed by atoms with Crippen LogP contribution in [0.1, 0.15) is 22.3 Å². The minimum absolute atomic E-state index is 0.147. The molecule has 1 amide bonds. The summed E-state index contributed by atoms with van der Waals surface area (Å²) in [7, 11) is 0. The van der Waals surface area contributed by atoms with Crippen molar-refractivity contribution in [3.05, 3.63) is 52.2 Å². The molecule has 5 heteroatoms. The first-order valence-corrected chi connectivity index (χ1v) is 6.53. The van der Waals surface area contributed by atoms with Gasteiger partial charge in [-0.05, 0) is 30.5 Å². The number of pyridine rings is 1. The van der Waals surface area contributed by atoms with Gasteiger partial charge in [-0.15, -0.1) is 11.3 Å². The summed E-state index contributed by atoms with van der Waals surface area (Å²) in [4.78, 5) is 18.5. The fraction of sp³-hybridized carbons (Fsp3) is 0.231. The van der Waals surface area contributed by atoms with Gasteiger partial charge in [0.1, 0.15) is 5.69 Å². The molecule has 0 atom stereocenters. The quantitative estimate of drug-likeness (QED) is 0.795. The highest BCUT2D eigenvalue weighted by Crippen LogP contribution is 2.13. The fourth-order valence-electron chi connectivity index (χ4n) is 1.61. The van der Waals surface area contributed by atoms with E-state index < -0.39 is 5.95 Å². The van der Waals surface area contributed by atoms with Crippen molar-refractivity contribution in [1.29, 1.82) is 0 Å². The lowest BCUT2D eigenvalue weighted by Gasteiger charge is -2.19. The average Bonchev–Trinajstić information content (AvgIpc) is 2.88. The normalized spacial score (nSPS) is 10.3. The summed E-state index contributed by atoms with van der Waals surface area (Å²) in [6, 6.07) is 8.17. The molecule has 3 nitrogen and oxygen atoms in total. The van der Waals surface area contributed by atoms with Gasteiger partial charge in [-0.25, -0.2) is 4.98 Å². The van der Waals surface area contributed by atoms with Crippen LogP contribution >= 0.6 is 11.3 Å². The minimum Gasteiger partial charge on any atom is -0.332 e. The summed E-state index contributed by atoms with van der Waals surface area (Å²) in [6.45, 7) is 2.99. The zero-order valence-electron chi connectivity index (χ0n) is 9.97. The molecule has 0 unspecified atom stereocenters. The average molecular weight is 264 g/mol. The van der Waals surface area contributed by atoms with Gasteiger partial charge in [0, 0.05) is 11.4 Å². The Labute approximate surface area is 109 Å². The summed E-state index contributed by atoms with van der Waals surface area (Å²) in [5, 5.41) is 1.97. The predicted molar refractivity (Wildman–Crippen MR) is 68.9 cm³/mol. The van der Waals surface area contributed by atoms with E-state index in [4.69, 9.17) is 0 Å². The van der Waals surface area contributed by atoms with E-state index in [9.17, 15) is 9.18 Å². The molecule has 0 aliphatic rings. The third kappa shape index (κ3) is 2.92. The van der Waals surface area contributed by atoms with Gasteiger partial charge < -0.3 is 4.90 Å². The third-order valence-corrected chi connectivity index (χ3v) is 3.39. The summed E-state index contributed by atoms with van der Waals surface area (Å²) in [6.07, 6.45) is 0. The van der Waals surface area contributed by atoms with E-state index in [0.717, 1.165) is 4.88 Å². The maximum Gasteiger partial charge on any atom is 0.272 e. The van der Waals surface area contributed by atoms with Crippen LogP contribution in [0.2, 0.25) is 0 Å². The van der Waals surface area contributed by atoms with E-state index >= 15 is 0 Å². The van der Waals surface area contributed by atoms with Crippen molar-refractivity contribution in [1.82, 2.24) is 9.88 Å².